The molecule has 5 aromatic carbocycles. The van der Waals surface area contributed by atoms with Crippen molar-refractivity contribution in [2.45, 2.75) is 11.8 Å². The summed E-state index contributed by atoms with van der Waals surface area (Å²) in [5, 5.41) is 11.1. The SMILES string of the molecule is CCOc1ccc2nc(NC(=O)CSc3cccc(NC(=O)/C(=C\c4cccc5ccccc45)NC(=O)c4ccccc4)c3)sc2c1. The van der Waals surface area contributed by atoms with Gasteiger partial charge < -0.3 is 20.7 Å². The summed E-state index contributed by atoms with van der Waals surface area (Å²) in [6, 6.07) is 35.3. The van der Waals surface area contributed by atoms with E-state index < -0.39 is 11.8 Å². The van der Waals surface area contributed by atoms with Gasteiger partial charge >= 0.3 is 0 Å². The summed E-state index contributed by atoms with van der Waals surface area (Å²) in [6.07, 6.45) is 1.68. The number of anilines is 2. The number of nitrogens with zero attached hydrogens (tertiary/aromatic N) is 1. The second-order valence-corrected chi connectivity index (χ2v) is 12.4. The van der Waals surface area contributed by atoms with Gasteiger partial charge in [0.2, 0.25) is 5.91 Å². The summed E-state index contributed by atoms with van der Waals surface area (Å²) in [6.45, 7) is 2.50. The molecule has 3 amide bonds. The van der Waals surface area contributed by atoms with E-state index in [1.54, 1.807) is 48.5 Å². The van der Waals surface area contributed by atoms with E-state index in [0.29, 0.717) is 23.0 Å². The highest BCUT2D eigenvalue weighted by Crippen LogP contribution is 2.30. The van der Waals surface area contributed by atoms with Crippen molar-refractivity contribution in [3.05, 3.63) is 132 Å². The van der Waals surface area contributed by atoms with Gasteiger partial charge in [-0.2, -0.15) is 0 Å². The lowest BCUT2D eigenvalue weighted by atomic mass is 10.0. The Bertz CT molecular complexity index is 2110. The monoisotopic (exact) mass is 658 g/mol. The molecule has 0 fully saturated rings. The Labute approximate surface area is 279 Å². The van der Waals surface area contributed by atoms with Crippen LogP contribution in [0, 0.1) is 0 Å². The van der Waals surface area contributed by atoms with Gasteiger partial charge in [0.05, 0.1) is 22.6 Å². The molecule has 234 valence electrons. The highest BCUT2D eigenvalue weighted by Gasteiger charge is 2.16. The molecule has 1 heterocycles. The summed E-state index contributed by atoms with van der Waals surface area (Å²) >= 11 is 2.72. The number of rotatable bonds is 11. The first-order chi connectivity index (χ1) is 22.9. The maximum Gasteiger partial charge on any atom is 0.272 e. The number of thiazole rings is 1. The molecule has 6 rings (SSSR count). The van der Waals surface area contributed by atoms with Crippen LogP contribution in [-0.4, -0.2) is 35.1 Å². The van der Waals surface area contributed by atoms with Gasteiger partial charge in [0.25, 0.3) is 11.8 Å². The van der Waals surface area contributed by atoms with Crippen molar-refractivity contribution < 1.29 is 19.1 Å². The van der Waals surface area contributed by atoms with Crippen LogP contribution in [0.3, 0.4) is 0 Å². The Kier molecular flexibility index (Phi) is 9.90. The molecule has 0 saturated heterocycles. The Hall–Kier alpha value is -5.45. The quantitative estimate of drug-likeness (QED) is 0.0962. The molecule has 6 aromatic rings. The van der Waals surface area contributed by atoms with Crippen molar-refractivity contribution in [2.24, 2.45) is 0 Å². The first kappa shape index (κ1) is 31.5. The van der Waals surface area contributed by atoms with Crippen LogP contribution >= 0.6 is 23.1 Å². The second-order valence-electron chi connectivity index (χ2n) is 10.3. The predicted octanol–water partition coefficient (Wildman–Crippen LogP) is 7.99. The van der Waals surface area contributed by atoms with Gasteiger partial charge in [-0.15, -0.1) is 11.8 Å². The molecule has 0 spiro atoms. The molecule has 0 aliphatic rings. The molecule has 0 aliphatic heterocycles. The van der Waals surface area contributed by atoms with E-state index in [2.05, 4.69) is 20.9 Å². The largest absolute Gasteiger partial charge is 0.494 e. The van der Waals surface area contributed by atoms with E-state index in [4.69, 9.17) is 4.74 Å². The van der Waals surface area contributed by atoms with Crippen LogP contribution in [0.15, 0.2) is 126 Å². The van der Waals surface area contributed by atoms with Gasteiger partial charge in [0.15, 0.2) is 5.13 Å². The fourth-order valence-corrected chi connectivity index (χ4v) is 6.52. The fourth-order valence-electron chi connectivity index (χ4n) is 4.86. The third-order valence-electron chi connectivity index (χ3n) is 7.03. The zero-order valence-electron chi connectivity index (χ0n) is 25.4. The van der Waals surface area contributed by atoms with Gasteiger partial charge in [0.1, 0.15) is 11.4 Å². The van der Waals surface area contributed by atoms with Crippen LogP contribution in [0.4, 0.5) is 10.8 Å². The Balaban J connectivity index is 1.15. The summed E-state index contributed by atoms with van der Waals surface area (Å²) in [5.74, 6) is -0.163. The molecule has 10 heteroatoms. The summed E-state index contributed by atoms with van der Waals surface area (Å²) in [5.41, 5.74) is 2.63. The number of fused-ring (bicyclic) bond motifs is 2. The van der Waals surface area contributed by atoms with Crippen molar-refractivity contribution in [2.75, 3.05) is 23.0 Å². The van der Waals surface area contributed by atoms with Gasteiger partial charge in [0, 0.05) is 16.1 Å². The number of carbonyl (C=O) groups excluding carboxylic acids is 3. The number of hydrogen-bond acceptors (Lipinski definition) is 7. The first-order valence-electron chi connectivity index (χ1n) is 14.9. The molecule has 0 unspecified atom stereocenters. The van der Waals surface area contributed by atoms with Crippen LogP contribution < -0.4 is 20.7 Å². The molecule has 3 N–H and O–H groups in total. The fraction of sp³-hybridized carbons (Fsp3) is 0.0811. The van der Waals surface area contributed by atoms with Crippen LogP contribution in [0.2, 0.25) is 0 Å². The predicted molar refractivity (Wildman–Crippen MR) is 191 cm³/mol. The smallest absolute Gasteiger partial charge is 0.272 e. The lowest BCUT2D eigenvalue weighted by Gasteiger charge is -2.13. The number of aromatic nitrogens is 1. The maximum absolute atomic E-state index is 13.7. The molecular formula is C37H30N4O4S2. The Morgan fingerprint density at radius 2 is 1.64 bits per heavy atom. The highest BCUT2D eigenvalue weighted by atomic mass is 32.2. The van der Waals surface area contributed by atoms with Crippen LogP contribution in [0.25, 0.3) is 27.1 Å². The minimum atomic E-state index is -0.481. The first-order valence-corrected chi connectivity index (χ1v) is 16.7. The summed E-state index contributed by atoms with van der Waals surface area (Å²) in [7, 11) is 0. The number of hydrogen-bond donors (Lipinski definition) is 3. The topological polar surface area (TPSA) is 109 Å². The summed E-state index contributed by atoms with van der Waals surface area (Å²) in [4.78, 5) is 44.8. The molecule has 0 aliphatic carbocycles. The van der Waals surface area contributed by atoms with E-state index in [0.717, 1.165) is 37.2 Å². The van der Waals surface area contributed by atoms with E-state index in [-0.39, 0.29) is 17.4 Å². The van der Waals surface area contributed by atoms with Gasteiger partial charge in [-0.05, 0) is 77.9 Å². The van der Waals surface area contributed by atoms with Gasteiger partial charge in [-0.1, -0.05) is 78.1 Å². The molecule has 0 bridgehead atoms. The third-order valence-corrected chi connectivity index (χ3v) is 8.96. The Morgan fingerprint density at radius 3 is 2.49 bits per heavy atom. The molecule has 47 heavy (non-hydrogen) atoms. The van der Waals surface area contributed by atoms with Crippen molar-refractivity contribution in [3.63, 3.8) is 0 Å². The number of thioether (sulfide) groups is 1. The van der Waals surface area contributed by atoms with Crippen molar-refractivity contribution in [1.82, 2.24) is 10.3 Å². The van der Waals surface area contributed by atoms with Crippen molar-refractivity contribution in [3.8, 4) is 5.75 Å². The molecule has 0 atom stereocenters. The molecule has 1 aromatic heterocycles. The van der Waals surface area contributed by atoms with E-state index in [9.17, 15) is 14.4 Å². The minimum absolute atomic E-state index is 0.0943. The van der Waals surface area contributed by atoms with Crippen LogP contribution in [0.1, 0.15) is 22.8 Å². The van der Waals surface area contributed by atoms with E-state index in [1.165, 1.54) is 23.1 Å². The average molecular weight is 659 g/mol. The lowest BCUT2D eigenvalue weighted by Crippen LogP contribution is -2.30. The normalized spacial score (nSPS) is 11.3. The van der Waals surface area contributed by atoms with Crippen molar-refractivity contribution >= 4 is 78.7 Å². The molecule has 0 saturated carbocycles. The summed E-state index contributed by atoms with van der Waals surface area (Å²) < 4.78 is 6.48. The zero-order valence-corrected chi connectivity index (χ0v) is 27.0. The second kappa shape index (κ2) is 14.8. The average Bonchev–Trinajstić information content (AvgIpc) is 3.49. The number of nitrogens with one attached hydrogen (secondary N) is 3. The van der Waals surface area contributed by atoms with Gasteiger partial charge in [-0.25, -0.2) is 4.98 Å². The molecule has 8 nitrogen and oxygen atoms in total. The molecular weight excluding hydrogens is 629 g/mol. The standard InChI is InChI=1S/C37H30N4O4S2/c1-2-45-28-18-19-31-33(22-28)47-37(40-31)41-34(42)23-46-29-16-9-15-27(21-29)38-36(44)32(39-35(43)25-11-4-3-5-12-25)20-26-14-8-13-24-10-6-7-17-30(24)26/h3-22H,2,23H2,1H3,(H,38,44)(H,39,43)(H,40,41,42)/b32-20+. The van der Waals surface area contributed by atoms with Crippen molar-refractivity contribution in [1.29, 1.82) is 0 Å². The zero-order chi connectivity index (χ0) is 32.6. The minimum Gasteiger partial charge on any atom is -0.494 e. The number of amides is 3. The highest BCUT2D eigenvalue weighted by molar-refractivity contribution is 8.00. The van der Waals surface area contributed by atoms with Gasteiger partial charge in [-0.3, -0.25) is 14.4 Å². The van der Waals surface area contributed by atoms with E-state index >= 15 is 0 Å². The lowest BCUT2D eigenvalue weighted by molar-refractivity contribution is -0.114. The maximum atomic E-state index is 13.7. The van der Waals surface area contributed by atoms with E-state index in [1.807, 2.05) is 79.7 Å². The third kappa shape index (κ3) is 8.04. The molecule has 0 radical (unpaired) electrons. The number of ether oxygens (including phenoxy) is 1. The Morgan fingerprint density at radius 1 is 0.851 bits per heavy atom. The number of carbonyl (C=O) groups is 3. The van der Waals surface area contributed by atoms with Crippen LogP contribution in [0.5, 0.6) is 5.75 Å². The van der Waals surface area contributed by atoms with Crippen LogP contribution in [-0.2, 0) is 9.59 Å². The number of benzene rings is 5.